The summed E-state index contributed by atoms with van der Waals surface area (Å²) in [4.78, 5) is 30.4. The van der Waals surface area contributed by atoms with Crippen LogP contribution in [0.5, 0.6) is 0 Å². The number of carbonyl (C=O) groups excluding carboxylic acids is 1. The normalized spacial score (nSPS) is 16.6. The lowest BCUT2D eigenvalue weighted by molar-refractivity contribution is -0.115. The van der Waals surface area contributed by atoms with E-state index in [1.54, 1.807) is 24.4 Å². The molecular weight excluding hydrogens is 522 g/mol. The van der Waals surface area contributed by atoms with Crippen LogP contribution in [0.2, 0.25) is 0 Å². The quantitative estimate of drug-likeness (QED) is 0.241. The van der Waals surface area contributed by atoms with Crippen LogP contribution in [0.1, 0.15) is 64.0 Å². The van der Waals surface area contributed by atoms with Crippen LogP contribution in [0.4, 0.5) is 11.4 Å². The molecule has 1 amide bonds. The molecule has 0 saturated carbocycles. The number of amides is 1. The lowest BCUT2D eigenvalue weighted by atomic mass is 9.96. The number of carbonyl (C=O) groups is 2. The second-order valence-electron chi connectivity index (χ2n) is 9.91. The van der Waals surface area contributed by atoms with E-state index in [4.69, 9.17) is 12.2 Å². The number of aromatic nitrogens is 2. The smallest absolute Gasteiger partial charge is 0.335 e. The van der Waals surface area contributed by atoms with Crippen molar-refractivity contribution in [3.8, 4) is 5.69 Å². The van der Waals surface area contributed by atoms with Gasteiger partial charge in [0.25, 0.3) is 0 Å². The van der Waals surface area contributed by atoms with E-state index in [0.717, 1.165) is 45.3 Å². The predicted molar refractivity (Wildman–Crippen MR) is 160 cm³/mol. The average molecular weight is 554 g/mol. The number of benzene rings is 2. The van der Waals surface area contributed by atoms with Gasteiger partial charge in [-0.15, -0.1) is 0 Å². The molecule has 204 valence electrons. The lowest BCUT2D eigenvalue weighted by Gasteiger charge is -2.29. The van der Waals surface area contributed by atoms with Gasteiger partial charge in [-0.1, -0.05) is 19.1 Å². The van der Waals surface area contributed by atoms with E-state index < -0.39 is 5.97 Å². The van der Waals surface area contributed by atoms with Crippen molar-refractivity contribution in [1.29, 1.82) is 0 Å². The van der Waals surface area contributed by atoms with Crippen LogP contribution < -0.4 is 15.5 Å². The van der Waals surface area contributed by atoms with E-state index in [1.165, 1.54) is 0 Å². The summed E-state index contributed by atoms with van der Waals surface area (Å²) in [7, 11) is 0. The molecule has 2 aromatic carbocycles. The first kappa shape index (κ1) is 27.1. The molecule has 1 fully saturated rings. The minimum Gasteiger partial charge on any atom is -0.478 e. The maximum atomic E-state index is 12.0. The molecule has 1 aliphatic heterocycles. The van der Waals surface area contributed by atoms with E-state index in [-0.39, 0.29) is 23.6 Å². The monoisotopic (exact) mass is 553 g/mol. The van der Waals surface area contributed by atoms with Gasteiger partial charge >= 0.3 is 5.97 Å². The Bertz CT molecular complexity index is 1610. The van der Waals surface area contributed by atoms with Crippen LogP contribution in [-0.2, 0) is 4.79 Å². The van der Waals surface area contributed by atoms with E-state index in [0.29, 0.717) is 11.5 Å². The number of thiocarbonyl (C=S) groups is 1. The van der Waals surface area contributed by atoms with Gasteiger partial charge in [-0.25, -0.2) is 4.79 Å². The van der Waals surface area contributed by atoms with E-state index >= 15 is 0 Å². The zero-order chi connectivity index (χ0) is 28.6. The summed E-state index contributed by atoms with van der Waals surface area (Å²) in [5.41, 5.74) is 7.45. The highest BCUT2D eigenvalue weighted by Crippen LogP contribution is 2.44. The number of hydrogen-bond donors (Lipinski definition) is 3. The van der Waals surface area contributed by atoms with Crippen LogP contribution in [0.3, 0.4) is 0 Å². The maximum absolute atomic E-state index is 12.0. The second-order valence-corrected chi connectivity index (χ2v) is 10.3. The number of carboxylic acid groups (broad SMARTS) is 1. The number of nitrogens with one attached hydrogen (secondary N) is 2. The van der Waals surface area contributed by atoms with Crippen molar-refractivity contribution in [2.24, 2.45) is 0 Å². The van der Waals surface area contributed by atoms with E-state index in [9.17, 15) is 14.7 Å². The topological polar surface area (TPSA) is 99.5 Å². The molecule has 9 heteroatoms. The molecule has 1 aliphatic rings. The van der Waals surface area contributed by atoms with Crippen LogP contribution in [0.25, 0.3) is 5.69 Å². The molecule has 0 radical (unpaired) electrons. The van der Waals surface area contributed by atoms with Crippen LogP contribution in [0, 0.1) is 20.8 Å². The fraction of sp³-hybridized carbons (Fsp3) is 0.226. The summed E-state index contributed by atoms with van der Waals surface area (Å²) < 4.78 is 2.07. The number of pyridine rings is 1. The summed E-state index contributed by atoms with van der Waals surface area (Å²) in [6, 6.07) is 20.4. The van der Waals surface area contributed by atoms with Gasteiger partial charge < -0.3 is 25.2 Å². The Hall–Kier alpha value is -4.50. The van der Waals surface area contributed by atoms with Crippen LogP contribution in [-0.4, -0.2) is 31.6 Å². The van der Waals surface area contributed by atoms with Crippen molar-refractivity contribution in [3.05, 3.63) is 107 Å². The van der Waals surface area contributed by atoms with Crippen LogP contribution >= 0.6 is 12.2 Å². The van der Waals surface area contributed by atoms with Gasteiger partial charge in [0.05, 0.1) is 23.3 Å². The predicted octanol–water partition coefficient (Wildman–Crippen LogP) is 6.02. The van der Waals surface area contributed by atoms with Gasteiger partial charge in [0.1, 0.15) is 0 Å². The van der Waals surface area contributed by atoms with Gasteiger partial charge in [0.15, 0.2) is 5.11 Å². The number of hydrogen-bond acceptors (Lipinski definition) is 4. The molecule has 40 heavy (non-hydrogen) atoms. The largest absolute Gasteiger partial charge is 0.478 e. The maximum Gasteiger partial charge on any atom is 0.335 e. The Morgan fingerprint density at radius 2 is 1.82 bits per heavy atom. The van der Waals surface area contributed by atoms with Crippen LogP contribution in [0.15, 0.2) is 72.9 Å². The summed E-state index contributed by atoms with van der Waals surface area (Å²) in [5.74, 6) is -1.01. The Kier molecular flexibility index (Phi) is 7.40. The van der Waals surface area contributed by atoms with Crippen molar-refractivity contribution in [2.45, 2.75) is 46.2 Å². The Morgan fingerprint density at radius 3 is 2.50 bits per heavy atom. The molecule has 1 saturated heterocycles. The van der Waals surface area contributed by atoms with Gasteiger partial charge in [-0.3, -0.25) is 9.78 Å². The average Bonchev–Trinajstić information content (AvgIpc) is 3.44. The second kappa shape index (κ2) is 10.9. The zero-order valence-corrected chi connectivity index (χ0v) is 23.6. The summed E-state index contributed by atoms with van der Waals surface area (Å²) in [6.07, 6.45) is 2.18. The van der Waals surface area contributed by atoms with Crippen molar-refractivity contribution in [3.63, 3.8) is 0 Å². The van der Waals surface area contributed by atoms with Gasteiger partial charge in [-0.05, 0) is 98.7 Å². The Morgan fingerprint density at radius 1 is 1.02 bits per heavy atom. The molecule has 2 atom stereocenters. The molecule has 0 aliphatic carbocycles. The van der Waals surface area contributed by atoms with Crippen molar-refractivity contribution < 1.29 is 14.7 Å². The number of rotatable bonds is 7. The highest BCUT2D eigenvalue weighted by atomic mass is 32.1. The third kappa shape index (κ3) is 4.96. The highest BCUT2D eigenvalue weighted by Gasteiger charge is 2.42. The van der Waals surface area contributed by atoms with Crippen molar-refractivity contribution in [1.82, 2.24) is 14.9 Å². The van der Waals surface area contributed by atoms with E-state index in [2.05, 4.69) is 31.2 Å². The minimum atomic E-state index is -0.967. The molecule has 4 aromatic rings. The van der Waals surface area contributed by atoms with E-state index in [1.807, 2.05) is 70.2 Å². The molecule has 2 aromatic heterocycles. The third-order valence-electron chi connectivity index (χ3n) is 7.32. The van der Waals surface area contributed by atoms with Crippen molar-refractivity contribution >= 4 is 40.6 Å². The lowest BCUT2D eigenvalue weighted by Crippen LogP contribution is -2.29. The minimum absolute atomic E-state index is 0.0401. The third-order valence-corrected chi connectivity index (χ3v) is 7.64. The highest BCUT2D eigenvalue weighted by molar-refractivity contribution is 7.80. The molecule has 0 spiro atoms. The first-order chi connectivity index (χ1) is 19.2. The summed E-state index contributed by atoms with van der Waals surface area (Å²) >= 11 is 5.91. The number of anilines is 2. The standard InChI is InChI=1S/C31H31N5O3S/c1-5-27(37)33-25-13-12-23(15-18(25)2)36-29(28(34-31(36)40)26-11-6-7-14-32-26)24-16-19(3)35(20(24)4)22-10-8-9-21(17-22)30(38)39/h6-17,28-29H,5H2,1-4H3,(H,33,37)(H,34,40)(H,38,39)/t28-,29-/m1/s1. The molecular formula is C31H31N5O3S. The zero-order valence-electron chi connectivity index (χ0n) is 22.8. The molecule has 0 bridgehead atoms. The van der Waals surface area contributed by atoms with Crippen molar-refractivity contribution in [2.75, 3.05) is 10.2 Å². The first-order valence-electron chi connectivity index (χ1n) is 13.1. The summed E-state index contributed by atoms with van der Waals surface area (Å²) in [6.45, 7) is 7.84. The molecule has 8 nitrogen and oxygen atoms in total. The molecule has 5 rings (SSSR count). The molecule has 0 unspecified atom stereocenters. The Labute approximate surface area is 238 Å². The first-order valence-corrected chi connectivity index (χ1v) is 13.5. The Balaban J connectivity index is 1.64. The number of nitrogens with zero attached hydrogens (tertiary/aromatic N) is 3. The van der Waals surface area contributed by atoms with Gasteiger partial charge in [0, 0.05) is 41.1 Å². The molecule has 3 N–H and O–H groups in total. The molecule has 3 heterocycles. The number of aryl methyl sites for hydroxylation is 2. The number of aromatic carboxylic acids is 1. The fourth-order valence-corrected chi connectivity index (χ4v) is 5.73. The SMILES string of the molecule is CCC(=O)Nc1ccc(N2C(=S)N[C@H](c3ccccn3)[C@H]2c2cc(C)n(-c3cccc(C(=O)O)c3)c2C)cc1C. The fourth-order valence-electron chi connectivity index (χ4n) is 5.39. The summed E-state index contributed by atoms with van der Waals surface area (Å²) in [5, 5.41) is 16.6. The van der Waals surface area contributed by atoms with Gasteiger partial charge in [-0.2, -0.15) is 0 Å². The van der Waals surface area contributed by atoms with Gasteiger partial charge in [0.2, 0.25) is 5.91 Å². The number of carboxylic acids is 1.